The van der Waals surface area contributed by atoms with Crippen molar-refractivity contribution < 1.29 is 18.8 Å². The Hall–Kier alpha value is -2.43. The Morgan fingerprint density at radius 1 is 1.17 bits per heavy atom. The molecule has 0 aliphatic rings. The smallest absolute Gasteiger partial charge is 0.337 e. The molecule has 0 aliphatic carbocycles. The molecule has 18 heavy (non-hydrogen) atoms. The second-order valence-corrected chi connectivity index (χ2v) is 3.72. The first-order valence-electron chi connectivity index (χ1n) is 5.28. The fourth-order valence-corrected chi connectivity index (χ4v) is 1.50. The van der Waals surface area contributed by atoms with Crippen LogP contribution in [0.2, 0.25) is 0 Å². The normalized spacial score (nSPS) is 10.1. The molecule has 1 aromatic heterocycles. The maximum atomic E-state index is 12.0. The Kier molecular flexibility index (Phi) is 3.23. The van der Waals surface area contributed by atoms with Crippen LogP contribution < -0.4 is 0 Å². The highest BCUT2D eigenvalue weighted by molar-refractivity contribution is 6.08. The lowest BCUT2D eigenvalue weighted by atomic mass is 10.1. The first-order chi connectivity index (χ1) is 8.61. The quantitative estimate of drug-likeness (QED) is 0.611. The summed E-state index contributed by atoms with van der Waals surface area (Å²) in [6.07, 6.45) is 0. The second-order valence-electron chi connectivity index (χ2n) is 3.72. The molecule has 0 amide bonds. The van der Waals surface area contributed by atoms with Crippen LogP contribution in [0, 0.1) is 6.92 Å². The van der Waals surface area contributed by atoms with Crippen LogP contribution in [0.3, 0.4) is 0 Å². The number of rotatable bonds is 3. The average Bonchev–Trinajstić information content (AvgIpc) is 2.84. The van der Waals surface area contributed by atoms with E-state index in [1.807, 2.05) is 0 Å². The van der Waals surface area contributed by atoms with Crippen LogP contribution >= 0.6 is 0 Å². The van der Waals surface area contributed by atoms with Crippen LogP contribution in [0.5, 0.6) is 0 Å². The lowest BCUT2D eigenvalue weighted by Crippen LogP contribution is -2.04. The summed E-state index contributed by atoms with van der Waals surface area (Å²) < 4.78 is 9.41. The van der Waals surface area contributed by atoms with Crippen molar-refractivity contribution in [3.05, 3.63) is 52.9 Å². The molecule has 0 saturated heterocycles. The molecular weight excluding hydrogens is 234 g/mol. The van der Waals surface area contributed by atoms with Crippen LogP contribution in [0.4, 0.5) is 0 Å². The number of ketones is 1. The van der Waals surface area contributed by atoms with Crippen molar-refractivity contribution in [2.45, 2.75) is 6.92 Å². The Morgan fingerprint density at radius 3 is 2.28 bits per heavy atom. The summed E-state index contributed by atoms with van der Waals surface area (Å²) in [5.74, 6) is -0.112. The molecule has 0 unspecified atom stereocenters. The fourth-order valence-electron chi connectivity index (χ4n) is 1.50. The van der Waals surface area contributed by atoms with Crippen LogP contribution in [0.25, 0.3) is 0 Å². The molecule has 1 aromatic carbocycles. The van der Waals surface area contributed by atoms with Gasteiger partial charge in [-0.3, -0.25) is 4.79 Å². The number of carbonyl (C=O) groups excluding carboxylic acids is 2. The van der Waals surface area contributed by atoms with E-state index in [-0.39, 0.29) is 11.5 Å². The van der Waals surface area contributed by atoms with Gasteiger partial charge in [0.1, 0.15) is 5.76 Å². The topological polar surface area (TPSA) is 69.4 Å². The molecule has 0 radical (unpaired) electrons. The number of aromatic nitrogens is 1. The van der Waals surface area contributed by atoms with E-state index < -0.39 is 5.97 Å². The van der Waals surface area contributed by atoms with Crippen molar-refractivity contribution in [1.82, 2.24) is 5.16 Å². The standard InChI is InChI=1S/C13H11NO4/c1-8-7-11(14-18-8)12(15)9-3-5-10(6-4-9)13(16)17-2/h3-7H,1-2H3. The van der Waals surface area contributed by atoms with Gasteiger partial charge in [0.05, 0.1) is 12.7 Å². The van der Waals surface area contributed by atoms with Crippen LogP contribution in [0.15, 0.2) is 34.9 Å². The molecule has 0 atom stereocenters. The van der Waals surface area contributed by atoms with E-state index in [1.54, 1.807) is 25.1 Å². The highest BCUT2D eigenvalue weighted by Crippen LogP contribution is 2.12. The predicted molar refractivity (Wildman–Crippen MR) is 62.5 cm³/mol. The van der Waals surface area contributed by atoms with Crippen molar-refractivity contribution in [2.75, 3.05) is 7.11 Å². The number of nitrogens with zero attached hydrogens (tertiary/aromatic N) is 1. The average molecular weight is 245 g/mol. The fraction of sp³-hybridized carbons (Fsp3) is 0.154. The highest BCUT2D eigenvalue weighted by Gasteiger charge is 2.14. The van der Waals surface area contributed by atoms with Gasteiger partial charge in [-0.2, -0.15) is 0 Å². The largest absolute Gasteiger partial charge is 0.465 e. The van der Waals surface area contributed by atoms with Crippen molar-refractivity contribution in [2.24, 2.45) is 0 Å². The number of aryl methyl sites for hydroxylation is 1. The summed E-state index contributed by atoms with van der Waals surface area (Å²) in [6, 6.07) is 7.74. The third-order valence-electron chi connectivity index (χ3n) is 2.43. The second kappa shape index (κ2) is 4.83. The van der Waals surface area contributed by atoms with Gasteiger partial charge in [0.25, 0.3) is 0 Å². The van der Waals surface area contributed by atoms with E-state index in [2.05, 4.69) is 9.89 Å². The SMILES string of the molecule is COC(=O)c1ccc(C(=O)c2cc(C)on2)cc1. The molecule has 2 aromatic rings. The van der Waals surface area contributed by atoms with Crippen molar-refractivity contribution in [1.29, 1.82) is 0 Å². The maximum Gasteiger partial charge on any atom is 0.337 e. The van der Waals surface area contributed by atoms with Gasteiger partial charge < -0.3 is 9.26 Å². The van der Waals surface area contributed by atoms with Gasteiger partial charge in [-0.15, -0.1) is 0 Å². The zero-order valence-corrected chi connectivity index (χ0v) is 9.97. The first-order valence-corrected chi connectivity index (χ1v) is 5.28. The number of methoxy groups -OCH3 is 1. The van der Waals surface area contributed by atoms with E-state index in [4.69, 9.17) is 4.52 Å². The van der Waals surface area contributed by atoms with Gasteiger partial charge in [0.15, 0.2) is 5.69 Å². The van der Waals surface area contributed by atoms with Crippen LogP contribution in [0.1, 0.15) is 32.2 Å². The zero-order valence-electron chi connectivity index (χ0n) is 9.97. The van der Waals surface area contributed by atoms with Crippen LogP contribution in [-0.2, 0) is 4.74 Å². The van der Waals surface area contributed by atoms with E-state index in [1.165, 1.54) is 19.2 Å². The molecule has 5 heteroatoms. The van der Waals surface area contributed by atoms with Gasteiger partial charge >= 0.3 is 5.97 Å². The van der Waals surface area contributed by atoms with Gasteiger partial charge in [0, 0.05) is 11.6 Å². The lowest BCUT2D eigenvalue weighted by Gasteiger charge is -2.00. The monoisotopic (exact) mass is 245 g/mol. The predicted octanol–water partition coefficient (Wildman–Crippen LogP) is 2.00. The summed E-state index contributed by atoms with van der Waals surface area (Å²) in [6.45, 7) is 1.71. The Bertz CT molecular complexity index is 583. The van der Waals surface area contributed by atoms with E-state index in [9.17, 15) is 9.59 Å². The van der Waals surface area contributed by atoms with Gasteiger partial charge in [0.2, 0.25) is 5.78 Å². The van der Waals surface area contributed by atoms with E-state index >= 15 is 0 Å². The molecule has 0 aliphatic heterocycles. The molecule has 5 nitrogen and oxygen atoms in total. The lowest BCUT2D eigenvalue weighted by molar-refractivity contribution is 0.0600. The van der Waals surface area contributed by atoms with Gasteiger partial charge in [-0.25, -0.2) is 4.79 Å². The Balaban J connectivity index is 2.24. The molecular formula is C13H11NO4. The molecule has 0 saturated carbocycles. The number of ether oxygens (including phenoxy) is 1. The molecule has 2 rings (SSSR count). The number of hydrogen-bond acceptors (Lipinski definition) is 5. The molecule has 0 bridgehead atoms. The number of carbonyl (C=O) groups is 2. The molecule has 0 spiro atoms. The summed E-state index contributed by atoms with van der Waals surface area (Å²) in [7, 11) is 1.31. The van der Waals surface area contributed by atoms with Gasteiger partial charge in [-0.05, 0) is 19.1 Å². The minimum Gasteiger partial charge on any atom is -0.465 e. The molecule has 92 valence electrons. The van der Waals surface area contributed by atoms with Crippen LogP contribution in [-0.4, -0.2) is 24.0 Å². The number of benzene rings is 1. The van der Waals surface area contributed by atoms with Gasteiger partial charge in [-0.1, -0.05) is 17.3 Å². The molecule has 0 fully saturated rings. The maximum absolute atomic E-state index is 12.0. The third kappa shape index (κ3) is 2.29. The Labute approximate surface area is 103 Å². The number of esters is 1. The third-order valence-corrected chi connectivity index (χ3v) is 2.43. The first kappa shape index (κ1) is 12.0. The summed E-state index contributed by atoms with van der Waals surface area (Å²) >= 11 is 0. The zero-order chi connectivity index (χ0) is 13.1. The Morgan fingerprint density at radius 2 is 1.78 bits per heavy atom. The van der Waals surface area contributed by atoms with Crippen molar-refractivity contribution in [3.8, 4) is 0 Å². The number of hydrogen-bond donors (Lipinski definition) is 0. The summed E-state index contributed by atoms with van der Waals surface area (Å²) in [5, 5.41) is 3.65. The van der Waals surface area contributed by atoms with Crippen molar-refractivity contribution >= 4 is 11.8 Å². The van der Waals surface area contributed by atoms with E-state index in [0.29, 0.717) is 16.9 Å². The molecule has 1 heterocycles. The van der Waals surface area contributed by atoms with Crippen molar-refractivity contribution in [3.63, 3.8) is 0 Å². The molecule has 0 N–H and O–H groups in total. The summed E-state index contributed by atoms with van der Waals surface area (Å²) in [5.41, 5.74) is 1.08. The minimum absolute atomic E-state index is 0.247. The highest BCUT2D eigenvalue weighted by atomic mass is 16.5. The van der Waals surface area contributed by atoms with E-state index in [0.717, 1.165) is 0 Å². The summed E-state index contributed by atoms with van der Waals surface area (Å²) in [4.78, 5) is 23.2. The minimum atomic E-state index is -0.439.